The van der Waals surface area contributed by atoms with Crippen molar-refractivity contribution in [3.8, 4) is 0 Å². The molecular weight excluding hydrogens is 254 g/mol. The van der Waals surface area contributed by atoms with Crippen molar-refractivity contribution in [3.63, 3.8) is 0 Å². The van der Waals surface area contributed by atoms with E-state index in [0.29, 0.717) is 11.4 Å². The van der Waals surface area contributed by atoms with Gasteiger partial charge in [-0.25, -0.2) is 9.79 Å². The highest BCUT2D eigenvalue weighted by molar-refractivity contribution is 6.36. The quantitative estimate of drug-likeness (QED) is 0.360. The topological polar surface area (TPSA) is 63.4 Å². The number of methoxy groups -OCH3 is 1. The Labute approximate surface area is 116 Å². The molecule has 0 aliphatic rings. The average Bonchev–Trinajstić information content (AvgIpc) is 2.52. The highest BCUT2D eigenvalue weighted by atomic mass is 16.5. The standard InChI is InChI=1S/C15H13N3O2/c1-20-15(19)14(16-12-8-4-2-5-9-12)18-17-13-10-6-3-7-11-13/h2-11H,1H3. The molecule has 5 nitrogen and oxygen atoms in total. The molecule has 0 N–H and O–H groups in total. The van der Waals surface area contributed by atoms with Gasteiger partial charge in [0.1, 0.15) is 0 Å². The normalized spacial score (nSPS) is 11.6. The van der Waals surface area contributed by atoms with Gasteiger partial charge in [-0.3, -0.25) is 0 Å². The van der Waals surface area contributed by atoms with E-state index in [4.69, 9.17) is 0 Å². The van der Waals surface area contributed by atoms with Crippen LogP contribution in [-0.4, -0.2) is 18.9 Å². The number of amidine groups is 1. The molecule has 0 saturated heterocycles. The maximum atomic E-state index is 11.6. The number of esters is 1. The number of benzene rings is 2. The van der Waals surface area contributed by atoms with Crippen LogP contribution in [-0.2, 0) is 9.53 Å². The predicted octanol–water partition coefficient (Wildman–Crippen LogP) is 3.67. The number of para-hydroxylation sites is 1. The Balaban J connectivity index is 2.27. The van der Waals surface area contributed by atoms with E-state index in [-0.39, 0.29) is 5.84 Å². The maximum absolute atomic E-state index is 11.6. The number of nitrogens with zero attached hydrogens (tertiary/aromatic N) is 3. The number of carbonyl (C=O) groups is 1. The Hall–Kier alpha value is -2.82. The van der Waals surface area contributed by atoms with Gasteiger partial charge in [-0.1, -0.05) is 36.4 Å². The summed E-state index contributed by atoms with van der Waals surface area (Å²) in [7, 11) is 1.28. The SMILES string of the molecule is COC(=O)C(N=Nc1ccccc1)=Nc1ccccc1. The Morgan fingerprint density at radius 2 is 1.45 bits per heavy atom. The maximum Gasteiger partial charge on any atom is 0.378 e. The second-order valence-electron chi connectivity index (χ2n) is 3.80. The smallest absolute Gasteiger partial charge is 0.378 e. The molecule has 0 fully saturated rings. The molecule has 2 rings (SSSR count). The van der Waals surface area contributed by atoms with Gasteiger partial charge < -0.3 is 4.74 Å². The van der Waals surface area contributed by atoms with Crippen LogP contribution >= 0.6 is 0 Å². The van der Waals surface area contributed by atoms with Crippen LogP contribution in [0.25, 0.3) is 0 Å². The number of aliphatic imine (C=N–C) groups is 1. The number of ether oxygens (including phenoxy) is 1. The summed E-state index contributed by atoms with van der Waals surface area (Å²) in [6, 6.07) is 18.1. The van der Waals surface area contributed by atoms with Gasteiger partial charge in [-0.05, 0) is 24.3 Å². The minimum atomic E-state index is -0.631. The lowest BCUT2D eigenvalue weighted by Crippen LogP contribution is -2.12. The Morgan fingerprint density at radius 3 is 2.00 bits per heavy atom. The number of rotatable bonds is 2. The molecule has 0 radical (unpaired) electrons. The monoisotopic (exact) mass is 267 g/mol. The third-order valence-corrected chi connectivity index (χ3v) is 2.38. The zero-order chi connectivity index (χ0) is 14.2. The van der Waals surface area contributed by atoms with Crippen molar-refractivity contribution in [2.24, 2.45) is 15.2 Å². The molecule has 0 amide bonds. The molecule has 0 aromatic heterocycles. The first-order chi connectivity index (χ1) is 9.79. The van der Waals surface area contributed by atoms with Gasteiger partial charge in [0.25, 0.3) is 5.84 Å². The van der Waals surface area contributed by atoms with Crippen LogP contribution in [0, 0.1) is 0 Å². The summed E-state index contributed by atoms with van der Waals surface area (Å²) in [5.41, 5.74) is 1.25. The van der Waals surface area contributed by atoms with Gasteiger partial charge in [0.05, 0.1) is 18.5 Å². The molecule has 0 aliphatic carbocycles. The van der Waals surface area contributed by atoms with Crippen LogP contribution in [0.1, 0.15) is 0 Å². The fourth-order valence-electron chi connectivity index (χ4n) is 1.42. The van der Waals surface area contributed by atoms with E-state index in [0.717, 1.165) is 0 Å². The lowest BCUT2D eigenvalue weighted by atomic mass is 10.3. The molecule has 2 aromatic rings. The summed E-state index contributed by atoms with van der Waals surface area (Å²) in [6.45, 7) is 0. The molecule has 2 aromatic carbocycles. The van der Waals surface area contributed by atoms with E-state index in [1.807, 2.05) is 36.4 Å². The average molecular weight is 267 g/mol. The molecule has 5 heteroatoms. The van der Waals surface area contributed by atoms with Crippen LogP contribution in [0.2, 0.25) is 0 Å². The lowest BCUT2D eigenvalue weighted by molar-refractivity contribution is -0.132. The molecule has 0 saturated carbocycles. The molecule has 0 heterocycles. The molecule has 100 valence electrons. The van der Waals surface area contributed by atoms with E-state index in [1.165, 1.54) is 7.11 Å². The molecule has 0 aliphatic heterocycles. The fraction of sp³-hybridized carbons (Fsp3) is 0.0667. The zero-order valence-electron chi connectivity index (χ0n) is 10.9. The van der Waals surface area contributed by atoms with Gasteiger partial charge in [0, 0.05) is 0 Å². The van der Waals surface area contributed by atoms with Crippen molar-refractivity contribution in [1.82, 2.24) is 0 Å². The van der Waals surface area contributed by atoms with Crippen molar-refractivity contribution < 1.29 is 9.53 Å². The highest BCUT2D eigenvalue weighted by Gasteiger charge is 2.11. The number of azo groups is 1. The Bertz CT molecular complexity index is 622. The van der Waals surface area contributed by atoms with Crippen LogP contribution in [0.3, 0.4) is 0 Å². The van der Waals surface area contributed by atoms with Crippen molar-refractivity contribution in [2.45, 2.75) is 0 Å². The van der Waals surface area contributed by atoms with E-state index in [2.05, 4.69) is 20.0 Å². The molecule has 0 spiro atoms. The highest BCUT2D eigenvalue weighted by Crippen LogP contribution is 2.14. The van der Waals surface area contributed by atoms with E-state index in [1.54, 1.807) is 24.3 Å². The van der Waals surface area contributed by atoms with E-state index < -0.39 is 5.97 Å². The van der Waals surface area contributed by atoms with Crippen molar-refractivity contribution in [2.75, 3.05) is 7.11 Å². The summed E-state index contributed by atoms with van der Waals surface area (Å²) in [6.07, 6.45) is 0. The predicted molar refractivity (Wildman–Crippen MR) is 76.5 cm³/mol. The zero-order valence-corrected chi connectivity index (χ0v) is 10.9. The van der Waals surface area contributed by atoms with Crippen LogP contribution in [0.5, 0.6) is 0 Å². The van der Waals surface area contributed by atoms with Gasteiger partial charge in [-0.2, -0.15) is 0 Å². The molecule has 20 heavy (non-hydrogen) atoms. The first kappa shape index (κ1) is 13.6. The van der Waals surface area contributed by atoms with Crippen molar-refractivity contribution in [1.29, 1.82) is 0 Å². The van der Waals surface area contributed by atoms with Crippen LogP contribution in [0.4, 0.5) is 11.4 Å². The van der Waals surface area contributed by atoms with Crippen LogP contribution in [0.15, 0.2) is 75.9 Å². The largest absolute Gasteiger partial charge is 0.463 e. The van der Waals surface area contributed by atoms with Crippen molar-refractivity contribution in [3.05, 3.63) is 60.7 Å². The van der Waals surface area contributed by atoms with Gasteiger partial charge in [0.2, 0.25) is 0 Å². The minimum absolute atomic E-state index is 0.0949. The third-order valence-electron chi connectivity index (χ3n) is 2.38. The molecule has 0 unspecified atom stereocenters. The molecular formula is C15H13N3O2. The van der Waals surface area contributed by atoms with Gasteiger partial charge in [0.15, 0.2) is 0 Å². The van der Waals surface area contributed by atoms with E-state index in [9.17, 15) is 4.79 Å². The first-order valence-electron chi connectivity index (χ1n) is 5.98. The second kappa shape index (κ2) is 6.94. The van der Waals surface area contributed by atoms with Gasteiger partial charge >= 0.3 is 5.97 Å². The third kappa shape index (κ3) is 3.84. The summed E-state index contributed by atoms with van der Waals surface area (Å²) < 4.78 is 4.65. The lowest BCUT2D eigenvalue weighted by Gasteiger charge is -1.98. The number of hydrogen-bond acceptors (Lipinski definition) is 4. The minimum Gasteiger partial charge on any atom is -0.463 e. The van der Waals surface area contributed by atoms with Gasteiger partial charge in [-0.15, -0.1) is 10.2 Å². The van der Waals surface area contributed by atoms with Crippen molar-refractivity contribution >= 4 is 23.2 Å². The first-order valence-corrected chi connectivity index (χ1v) is 5.98. The number of hydrogen-bond donors (Lipinski definition) is 0. The summed E-state index contributed by atoms with van der Waals surface area (Å²) in [5.74, 6) is -0.726. The molecule has 0 atom stereocenters. The van der Waals surface area contributed by atoms with Crippen LogP contribution < -0.4 is 0 Å². The summed E-state index contributed by atoms with van der Waals surface area (Å²) in [4.78, 5) is 15.8. The van der Waals surface area contributed by atoms with E-state index >= 15 is 0 Å². The number of carbonyl (C=O) groups excluding carboxylic acids is 1. The fourth-order valence-corrected chi connectivity index (χ4v) is 1.42. The Morgan fingerprint density at radius 1 is 0.900 bits per heavy atom. The second-order valence-corrected chi connectivity index (χ2v) is 3.80. The summed E-state index contributed by atoms with van der Waals surface area (Å²) in [5, 5.41) is 7.83. The molecule has 0 bridgehead atoms. The Kier molecular flexibility index (Phi) is 4.72. The summed E-state index contributed by atoms with van der Waals surface area (Å²) >= 11 is 0.